The fraction of sp³-hybridized carbons (Fsp3) is 0.500. The zero-order chi connectivity index (χ0) is 15.5. The second kappa shape index (κ2) is 6.71. The summed E-state index contributed by atoms with van der Waals surface area (Å²) in [6.45, 7) is 3.28. The van der Waals surface area contributed by atoms with Gasteiger partial charge in [0.05, 0.1) is 24.3 Å². The van der Waals surface area contributed by atoms with Crippen LogP contribution < -0.4 is 0 Å². The number of benzene rings is 1. The van der Waals surface area contributed by atoms with Gasteiger partial charge >= 0.3 is 0 Å². The van der Waals surface area contributed by atoms with Crippen LogP contribution in [0.2, 0.25) is 0 Å². The molecule has 118 valence electrons. The molecule has 2 aliphatic rings. The first-order valence-electron chi connectivity index (χ1n) is 7.47. The average Bonchev–Trinajstić information content (AvgIpc) is 2.92. The molecule has 6 heteroatoms. The molecule has 2 amide bonds. The van der Waals surface area contributed by atoms with Crippen molar-refractivity contribution < 1.29 is 14.3 Å². The Kier molecular flexibility index (Phi) is 4.69. The first-order valence-corrected chi connectivity index (χ1v) is 8.62. The average molecular weight is 320 g/mol. The maximum absolute atomic E-state index is 12.5. The molecule has 22 heavy (non-hydrogen) atoms. The number of nitrogens with zero attached hydrogens (tertiary/aromatic N) is 2. The molecule has 2 heterocycles. The van der Waals surface area contributed by atoms with Gasteiger partial charge in [0, 0.05) is 6.54 Å². The lowest BCUT2D eigenvalue weighted by molar-refractivity contribution is -0.148. The van der Waals surface area contributed by atoms with Crippen molar-refractivity contribution in [1.82, 2.24) is 9.80 Å². The molecule has 2 saturated heterocycles. The summed E-state index contributed by atoms with van der Waals surface area (Å²) in [6, 6.07) is 9.96. The van der Waals surface area contributed by atoms with E-state index in [1.807, 2.05) is 42.2 Å². The number of ether oxygens (including phenoxy) is 1. The lowest BCUT2D eigenvalue weighted by Gasteiger charge is -2.37. The van der Waals surface area contributed by atoms with Crippen molar-refractivity contribution in [1.29, 1.82) is 0 Å². The molecule has 0 unspecified atom stereocenters. The first kappa shape index (κ1) is 15.4. The van der Waals surface area contributed by atoms with Crippen LogP contribution in [-0.4, -0.2) is 59.0 Å². The highest BCUT2D eigenvalue weighted by Crippen LogP contribution is 2.25. The minimum absolute atomic E-state index is 0.00642. The molecular formula is C16H20N2O3S. The lowest BCUT2D eigenvalue weighted by Crippen LogP contribution is -2.49. The van der Waals surface area contributed by atoms with Crippen LogP contribution in [-0.2, 0) is 14.3 Å². The minimum Gasteiger partial charge on any atom is -0.367 e. The van der Waals surface area contributed by atoms with Crippen LogP contribution in [0.15, 0.2) is 30.3 Å². The summed E-state index contributed by atoms with van der Waals surface area (Å²) in [5, 5.41) is 0. The van der Waals surface area contributed by atoms with E-state index >= 15 is 0 Å². The van der Waals surface area contributed by atoms with Gasteiger partial charge in [0.15, 0.2) is 0 Å². The van der Waals surface area contributed by atoms with Gasteiger partial charge in [0.25, 0.3) is 0 Å². The van der Waals surface area contributed by atoms with Gasteiger partial charge in [-0.25, -0.2) is 0 Å². The van der Waals surface area contributed by atoms with Gasteiger partial charge < -0.3 is 14.5 Å². The molecule has 2 aliphatic heterocycles. The molecule has 5 nitrogen and oxygen atoms in total. The van der Waals surface area contributed by atoms with Gasteiger partial charge in [0.1, 0.15) is 12.6 Å². The Labute approximate surface area is 134 Å². The molecule has 0 spiro atoms. The van der Waals surface area contributed by atoms with E-state index in [1.54, 1.807) is 16.7 Å². The number of hydrogen-bond acceptors (Lipinski definition) is 4. The molecule has 3 rings (SSSR count). The molecule has 1 aromatic rings. The van der Waals surface area contributed by atoms with Crippen LogP contribution in [0, 0.1) is 0 Å². The SMILES string of the molecule is C[C@@H]1CN(C(=O)CN2CSCC2=O)C[C@@H](c2ccccc2)O1. The number of carbonyl (C=O) groups is 2. The molecule has 2 atom stereocenters. The van der Waals surface area contributed by atoms with E-state index in [4.69, 9.17) is 4.74 Å². The standard InChI is InChI=1S/C16H20N2O3S/c1-12-7-17(15(19)9-18-11-22-10-16(18)20)8-14(21-12)13-5-3-2-4-6-13/h2-6,12,14H,7-11H2,1H3/t12-,14+/m1/s1. The van der Waals surface area contributed by atoms with Crippen LogP contribution in [0.5, 0.6) is 0 Å². The fourth-order valence-electron chi connectivity index (χ4n) is 2.81. The highest BCUT2D eigenvalue weighted by atomic mass is 32.2. The van der Waals surface area contributed by atoms with Gasteiger partial charge in [0.2, 0.25) is 11.8 Å². The minimum atomic E-state index is -0.0995. The molecule has 0 N–H and O–H groups in total. The Morgan fingerprint density at radius 1 is 1.32 bits per heavy atom. The number of rotatable bonds is 3. The Bertz CT molecular complexity index is 552. The monoisotopic (exact) mass is 320 g/mol. The van der Waals surface area contributed by atoms with Crippen LogP contribution in [0.3, 0.4) is 0 Å². The third-order valence-corrected chi connectivity index (χ3v) is 4.88. The second-order valence-electron chi connectivity index (χ2n) is 5.71. The van der Waals surface area contributed by atoms with Crippen molar-refractivity contribution >= 4 is 23.6 Å². The van der Waals surface area contributed by atoms with Crippen molar-refractivity contribution in [3.05, 3.63) is 35.9 Å². The topological polar surface area (TPSA) is 49.9 Å². The lowest BCUT2D eigenvalue weighted by atomic mass is 10.1. The van der Waals surface area contributed by atoms with E-state index in [-0.39, 0.29) is 30.6 Å². The number of carbonyl (C=O) groups excluding carboxylic acids is 2. The molecule has 0 radical (unpaired) electrons. The summed E-state index contributed by atoms with van der Waals surface area (Å²) in [5.74, 6) is 1.16. The van der Waals surface area contributed by atoms with Crippen LogP contribution in [0.25, 0.3) is 0 Å². The Hall–Kier alpha value is -1.53. The van der Waals surface area contributed by atoms with Gasteiger partial charge in [-0.2, -0.15) is 0 Å². The molecule has 0 aromatic heterocycles. The van der Waals surface area contributed by atoms with Gasteiger partial charge in [-0.1, -0.05) is 30.3 Å². The number of hydrogen-bond donors (Lipinski definition) is 0. The van der Waals surface area contributed by atoms with Crippen molar-refractivity contribution in [2.75, 3.05) is 31.3 Å². The van der Waals surface area contributed by atoms with E-state index in [1.165, 1.54) is 0 Å². The van der Waals surface area contributed by atoms with Gasteiger partial charge in [-0.3, -0.25) is 9.59 Å². The van der Waals surface area contributed by atoms with E-state index in [0.29, 0.717) is 24.7 Å². The summed E-state index contributed by atoms with van der Waals surface area (Å²) in [5.41, 5.74) is 1.08. The van der Waals surface area contributed by atoms with E-state index in [2.05, 4.69) is 0 Å². The quantitative estimate of drug-likeness (QED) is 0.847. The van der Waals surface area contributed by atoms with E-state index in [9.17, 15) is 9.59 Å². The van der Waals surface area contributed by atoms with Crippen LogP contribution in [0.1, 0.15) is 18.6 Å². The molecule has 0 saturated carbocycles. The van der Waals surface area contributed by atoms with Crippen molar-refractivity contribution in [3.63, 3.8) is 0 Å². The largest absolute Gasteiger partial charge is 0.367 e. The van der Waals surface area contributed by atoms with Crippen molar-refractivity contribution in [3.8, 4) is 0 Å². The predicted octanol–water partition coefficient (Wildman–Crippen LogP) is 1.51. The number of thioether (sulfide) groups is 1. The molecule has 2 fully saturated rings. The maximum Gasteiger partial charge on any atom is 0.242 e. The summed E-state index contributed by atoms with van der Waals surface area (Å²) >= 11 is 1.56. The van der Waals surface area contributed by atoms with Gasteiger partial charge in [-0.05, 0) is 12.5 Å². The molecule has 0 bridgehead atoms. The van der Waals surface area contributed by atoms with Crippen LogP contribution in [0.4, 0.5) is 0 Å². The van der Waals surface area contributed by atoms with E-state index in [0.717, 1.165) is 5.56 Å². The van der Waals surface area contributed by atoms with Crippen molar-refractivity contribution in [2.45, 2.75) is 19.1 Å². The molecular weight excluding hydrogens is 300 g/mol. The summed E-state index contributed by atoms with van der Waals surface area (Å²) in [6.07, 6.45) is -0.107. The Morgan fingerprint density at radius 3 is 2.77 bits per heavy atom. The maximum atomic E-state index is 12.5. The Morgan fingerprint density at radius 2 is 2.09 bits per heavy atom. The molecule has 0 aliphatic carbocycles. The van der Waals surface area contributed by atoms with E-state index < -0.39 is 0 Å². The second-order valence-corrected chi connectivity index (χ2v) is 6.67. The van der Waals surface area contributed by atoms with Crippen molar-refractivity contribution in [2.24, 2.45) is 0 Å². The highest BCUT2D eigenvalue weighted by molar-refractivity contribution is 8.00. The summed E-state index contributed by atoms with van der Waals surface area (Å²) in [7, 11) is 0. The molecule has 1 aromatic carbocycles. The summed E-state index contributed by atoms with van der Waals surface area (Å²) < 4.78 is 5.97. The predicted molar refractivity (Wildman–Crippen MR) is 85.3 cm³/mol. The zero-order valence-corrected chi connectivity index (χ0v) is 13.4. The highest BCUT2D eigenvalue weighted by Gasteiger charge is 2.31. The number of amides is 2. The first-order chi connectivity index (χ1) is 10.6. The third-order valence-electron chi connectivity index (χ3n) is 3.94. The van der Waals surface area contributed by atoms with Crippen LogP contribution >= 0.6 is 11.8 Å². The normalized spacial score (nSPS) is 25.6. The Balaban J connectivity index is 1.65. The zero-order valence-electron chi connectivity index (χ0n) is 12.6. The summed E-state index contributed by atoms with van der Waals surface area (Å²) in [4.78, 5) is 27.6. The number of morpholine rings is 1. The smallest absolute Gasteiger partial charge is 0.242 e. The fourth-order valence-corrected chi connectivity index (χ4v) is 3.71. The van der Waals surface area contributed by atoms with Gasteiger partial charge in [-0.15, -0.1) is 11.8 Å². The third kappa shape index (κ3) is 3.44.